The van der Waals surface area contributed by atoms with Crippen molar-refractivity contribution in [3.05, 3.63) is 305 Å². The first-order valence-corrected chi connectivity index (χ1v) is 26.8. The van der Waals surface area contributed by atoms with Gasteiger partial charge in [0, 0.05) is 45.0 Å². The van der Waals surface area contributed by atoms with Crippen LogP contribution in [0, 0.1) is 0 Å². The van der Waals surface area contributed by atoms with Gasteiger partial charge in [0.05, 0.1) is 5.41 Å². The number of hydrogen-bond donors (Lipinski definition) is 0. The molecule has 0 amide bonds. The zero-order valence-corrected chi connectivity index (χ0v) is 43.8. The van der Waals surface area contributed by atoms with E-state index in [2.05, 4.69) is 294 Å². The maximum atomic E-state index is 4.26. The molecule has 0 fully saturated rings. The van der Waals surface area contributed by atoms with E-state index in [1.807, 2.05) is 6.08 Å². The third kappa shape index (κ3) is 6.40. The number of benzene rings is 10. The number of rotatable bonds is 9. The molecule has 0 saturated heterocycles. The van der Waals surface area contributed by atoms with Gasteiger partial charge in [-0.05, 0) is 180 Å². The number of para-hydroxylation sites is 2. The van der Waals surface area contributed by atoms with Crippen molar-refractivity contribution in [2.45, 2.75) is 50.9 Å². The third-order valence-corrected chi connectivity index (χ3v) is 17.4. The second-order valence-corrected chi connectivity index (χ2v) is 22.0. The van der Waals surface area contributed by atoms with Crippen LogP contribution < -0.4 is 9.80 Å². The monoisotopic (exact) mass is 974 g/mol. The van der Waals surface area contributed by atoms with Gasteiger partial charge in [0.25, 0.3) is 0 Å². The summed E-state index contributed by atoms with van der Waals surface area (Å²) in [7, 11) is 0. The Morgan fingerprint density at radius 2 is 0.763 bits per heavy atom. The second-order valence-electron chi connectivity index (χ2n) is 22.0. The van der Waals surface area contributed by atoms with E-state index in [4.69, 9.17) is 0 Å². The molecule has 14 rings (SSSR count). The molecule has 364 valence electrons. The van der Waals surface area contributed by atoms with E-state index >= 15 is 0 Å². The van der Waals surface area contributed by atoms with Gasteiger partial charge in [0.2, 0.25) is 0 Å². The molecule has 0 radical (unpaired) electrons. The quantitative estimate of drug-likeness (QED) is 0.142. The Balaban J connectivity index is 0.939. The summed E-state index contributed by atoms with van der Waals surface area (Å²) >= 11 is 0. The number of fused-ring (bicyclic) bond motifs is 14. The Labute approximate surface area is 447 Å². The van der Waals surface area contributed by atoms with Crippen LogP contribution in [0.1, 0.15) is 79.1 Å². The zero-order chi connectivity index (χ0) is 51.5. The van der Waals surface area contributed by atoms with Crippen molar-refractivity contribution >= 4 is 39.7 Å². The Hall–Kier alpha value is -8.98. The van der Waals surface area contributed by atoms with Crippen LogP contribution in [0.3, 0.4) is 0 Å². The highest BCUT2D eigenvalue weighted by Crippen LogP contribution is 2.65. The van der Waals surface area contributed by atoms with Gasteiger partial charge in [0.1, 0.15) is 0 Å². The van der Waals surface area contributed by atoms with Crippen molar-refractivity contribution in [2.24, 2.45) is 0 Å². The maximum absolute atomic E-state index is 4.26. The molecule has 2 nitrogen and oxygen atoms in total. The first kappa shape index (κ1) is 45.6. The van der Waals surface area contributed by atoms with Crippen LogP contribution >= 0.6 is 0 Å². The van der Waals surface area contributed by atoms with E-state index in [0.29, 0.717) is 0 Å². The van der Waals surface area contributed by atoms with Gasteiger partial charge in [0.15, 0.2) is 0 Å². The fraction of sp³-hybridized carbons (Fsp3) is 0.108. The lowest BCUT2D eigenvalue weighted by Gasteiger charge is -2.32. The summed E-state index contributed by atoms with van der Waals surface area (Å²) in [4.78, 5) is 4.87. The summed E-state index contributed by atoms with van der Waals surface area (Å²) in [5.74, 6) is 0. The maximum Gasteiger partial charge on any atom is 0.0726 e. The molecular formula is C74H58N2. The van der Waals surface area contributed by atoms with E-state index in [1.54, 1.807) is 0 Å². The van der Waals surface area contributed by atoms with Crippen molar-refractivity contribution in [3.63, 3.8) is 0 Å². The molecule has 0 bridgehead atoms. The summed E-state index contributed by atoms with van der Waals surface area (Å²) in [6.07, 6.45) is 6.41. The highest BCUT2D eigenvalue weighted by atomic mass is 15.1. The van der Waals surface area contributed by atoms with Crippen LogP contribution in [-0.2, 0) is 16.2 Å². The first-order chi connectivity index (χ1) is 37.1. The summed E-state index contributed by atoms with van der Waals surface area (Å²) in [5.41, 5.74) is 29.2. The van der Waals surface area contributed by atoms with Crippen LogP contribution in [0.2, 0.25) is 0 Å². The van der Waals surface area contributed by atoms with Crippen molar-refractivity contribution in [1.82, 2.24) is 0 Å². The van der Waals surface area contributed by atoms with E-state index in [9.17, 15) is 0 Å². The largest absolute Gasteiger partial charge is 0.310 e. The molecule has 0 N–H and O–H groups in total. The summed E-state index contributed by atoms with van der Waals surface area (Å²) in [5, 5.41) is 0. The molecule has 2 heteroatoms. The van der Waals surface area contributed by atoms with Gasteiger partial charge < -0.3 is 9.80 Å². The summed E-state index contributed by atoms with van der Waals surface area (Å²) in [6.45, 7) is 15.7. The van der Waals surface area contributed by atoms with Gasteiger partial charge in [-0.3, -0.25) is 0 Å². The molecule has 0 saturated carbocycles. The topological polar surface area (TPSA) is 6.48 Å². The molecule has 0 heterocycles. The van der Waals surface area contributed by atoms with Crippen molar-refractivity contribution < 1.29 is 0 Å². The van der Waals surface area contributed by atoms with Crippen molar-refractivity contribution in [3.8, 4) is 44.5 Å². The van der Waals surface area contributed by atoms with Crippen LogP contribution in [0.15, 0.2) is 261 Å². The molecule has 4 aliphatic rings. The highest BCUT2D eigenvalue weighted by molar-refractivity contribution is 6.01. The van der Waals surface area contributed by atoms with Gasteiger partial charge in [-0.25, -0.2) is 0 Å². The lowest BCUT2D eigenvalue weighted by Crippen LogP contribution is -2.26. The minimum atomic E-state index is -0.549. The fourth-order valence-corrected chi connectivity index (χ4v) is 14.0. The molecule has 10 aromatic carbocycles. The van der Waals surface area contributed by atoms with E-state index in [0.717, 1.165) is 34.1 Å². The lowest BCUT2D eigenvalue weighted by molar-refractivity contribution is 0.654. The minimum absolute atomic E-state index is 0.136. The fourth-order valence-electron chi connectivity index (χ4n) is 14.0. The van der Waals surface area contributed by atoms with E-state index in [1.165, 1.54) is 100 Å². The number of hydrogen-bond acceptors (Lipinski definition) is 2. The predicted molar refractivity (Wildman–Crippen MR) is 320 cm³/mol. The Kier molecular flexibility index (Phi) is 10.2. The second kappa shape index (κ2) is 17.0. The first-order valence-electron chi connectivity index (χ1n) is 26.8. The van der Waals surface area contributed by atoms with Gasteiger partial charge in [-0.1, -0.05) is 210 Å². The summed E-state index contributed by atoms with van der Waals surface area (Å²) < 4.78 is 0. The predicted octanol–water partition coefficient (Wildman–Crippen LogP) is 19.7. The van der Waals surface area contributed by atoms with Gasteiger partial charge in [-0.2, -0.15) is 0 Å². The third-order valence-electron chi connectivity index (χ3n) is 17.4. The van der Waals surface area contributed by atoms with Gasteiger partial charge in [-0.15, -0.1) is 0 Å². The molecule has 76 heavy (non-hydrogen) atoms. The molecule has 0 aromatic heterocycles. The lowest BCUT2D eigenvalue weighted by atomic mass is 9.70. The van der Waals surface area contributed by atoms with E-state index in [-0.39, 0.29) is 10.8 Å². The number of allylic oxidation sites excluding steroid dienone is 5. The Morgan fingerprint density at radius 3 is 1.34 bits per heavy atom. The molecule has 0 aliphatic heterocycles. The summed E-state index contributed by atoms with van der Waals surface area (Å²) in [6, 6.07) is 86.6. The minimum Gasteiger partial charge on any atom is -0.310 e. The number of nitrogens with zero attached hydrogens (tertiary/aromatic N) is 2. The average molecular weight is 975 g/mol. The van der Waals surface area contributed by atoms with Crippen LogP contribution in [0.25, 0.3) is 50.1 Å². The Morgan fingerprint density at radius 1 is 0.342 bits per heavy atom. The molecular weight excluding hydrogens is 917 g/mol. The molecule has 10 aromatic rings. The SMILES string of the molecule is C=CC1=C(/C=C\C)c2ccc(N(c3ccccc3)c3ccc(-c4cccc5c4-c4ccc(N(c6ccccc6)c6ccc7c(c6)C(C)(C)c6ccccc6-7)cc4C54c5ccccc5-c5ccccc54)cc3)cc2C1(C)C. The highest BCUT2D eigenvalue weighted by Gasteiger charge is 2.52. The smallest absolute Gasteiger partial charge is 0.0726 e. The Bertz CT molecular complexity index is 4030. The van der Waals surface area contributed by atoms with Crippen LogP contribution in [0.4, 0.5) is 34.1 Å². The zero-order valence-electron chi connectivity index (χ0n) is 43.8. The van der Waals surface area contributed by atoms with Crippen LogP contribution in [0.5, 0.6) is 0 Å². The molecule has 1 spiro atoms. The van der Waals surface area contributed by atoms with E-state index < -0.39 is 5.41 Å². The average Bonchev–Trinajstić information content (AvgIpc) is 4.27. The van der Waals surface area contributed by atoms with Crippen molar-refractivity contribution in [1.29, 1.82) is 0 Å². The molecule has 0 unspecified atom stereocenters. The van der Waals surface area contributed by atoms with Crippen molar-refractivity contribution in [2.75, 3.05) is 9.80 Å². The standard InChI is InChI=1S/C74H58N2/c1-7-22-56-60-42-39-52(45-68(60)72(3,4)63(56)8-2)75(49-23-11-9-12-24-49)51-37-35-48(36-38-51)55-30-21-34-67-71(55)62-44-41-54(47-70(62)74(67)65-32-19-16-28-58(65)59-29-17-20-33-66(59)74)76(50-25-13-10-14-26-50)53-40-43-61-57-27-15-18-31-64(57)73(5,6)69(61)46-53/h7-47H,2H2,1,3-6H3/b22-7-. The molecule has 0 atom stereocenters. The number of anilines is 6. The van der Waals surface area contributed by atoms with Crippen LogP contribution in [-0.4, -0.2) is 0 Å². The van der Waals surface area contributed by atoms with Gasteiger partial charge >= 0.3 is 0 Å². The normalized spacial score (nSPS) is 15.2. The molecule has 4 aliphatic carbocycles.